The number of rotatable bonds is 3. The van der Waals surface area contributed by atoms with Crippen LogP contribution in [0, 0.1) is 28.4 Å². The van der Waals surface area contributed by atoms with Crippen LogP contribution >= 0.6 is 0 Å². The molecule has 0 aliphatic heterocycles. The van der Waals surface area contributed by atoms with Crippen molar-refractivity contribution in [2.75, 3.05) is 0 Å². The molecule has 2 rings (SSSR count). The molecule has 0 saturated heterocycles. The van der Waals surface area contributed by atoms with Crippen LogP contribution in [0.2, 0.25) is 0 Å². The van der Waals surface area contributed by atoms with Gasteiger partial charge < -0.3 is 4.42 Å². The Morgan fingerprint density at radius 2 is 2.00 bits per heavy atom. The van der Waals surface area contributed by atoms with Gasteiger partial charge >= 0.3 is 5.88 Å². The molecular formula is C14H10N2O3. The summed E-state index contributed by atoms with van der Waals surface area (Å²) in [5.74, 6) is -0.0590. The van der Waals surface area contributed by atoms with Gasteiger partial charge in [-0.25, -0.2) is 0 Å². The van der Waals surface area contributed by atoms with Gasteiger partial charge in [0.2, 0.25) is 0 Å². The Kier molecular flexibility index (Phi) is 3.44. The van der Waals surface area contributed by atoms with E-state index in [9.17, 15) is 10.1 Å². The van der Waals surface area contributed by atoms with E-state index in [2.05, 4.69) is 6.07 Å². The Hall–Kier alpha value is -2.87. The van der Waals surface area contributed by atoms with Crippen molar-refractivity contribution in [3.63, 3.8) is 0 Å². The van der Waals surface area contributed by atoms with Crippen molar-refractivity contribution in [2.24, 2.45) is 0 Å². The van der Waals surface area contributed by atoms with Gasteiger partial charge in [-0.05, 0) is 24.6 Å². The zero-order valence-electron chi connectivity index (χ0n) is 10.2. The lowest BCUT2D eigenvalue weighted by molar-refractivity contribution is -0.402. The maximum atomic E-state index is 10.5. The maximum Gasteiger partial charge on any atom is 0.433 e. The summed E-state index contributed by atoms with van der Waals surface area (Å²) in [4.78, 5) is 9.89. The number of allylic oxidation sites excluding steroid dienone is 1. The van der Waals surface area contributed by atoms with Crippen molar-refractivity contribution in [1.82, 2.24) is 0 Å². The van der Waals surface area contributed by atoms with Crippen LogP contribution in [0.1, 0.15) is 16.9 Å². The number of hydrogen-bond acceptors (Lipinski definition) is 4. The summed E-state index contributed by atoms with van der Waals surface area (Å²) in [7, 11) is 0. The minimum absolute atomic E-state index is 0.281. The molecule has 5 nitrogen and oxygen atoms in total. The molecule has 0 fully saturated rings. The number of nitrogens with zero attached hydrogens (tertiary/aromatic N) is 2. The first-order chi connectivity index (χ1) is 9.10. The van der Waals surface area contributed by atoms with Crippen LogP contribution in [-0.2, 0) is 0 Å². The molecule has 0 unspecified atom stereocenters. The van der Waals surface area contributed by atoms with E-state index in [0.717, 1.165) is 11.1 Å². The van der Waals surface area contributed by atoms with Crippen LogP contribution in [0.15, 0.2) is 40.8 Å². The second kappa shape index (κ2) is 5.19. The lowest BCUT2D eigenvalue weighted by Crippen LogP contribution is -1.83. The lowest BCUT2D eigenvalue weighted by Gasteiger charge is -1.98. The highest BCUT2D eigenvalue weighted by atomic mass is 16.6. The van der Waals surface area contributed by atoms with Crippen molar-refractivity contribution < 1.29 is 9.34 Å². The summed E-state index contributed by atoms with van der Waals surface area (Å²) in [6.07, 6.45) is 1.48. The number of hydrogen-bond donors (Lipinski definition) is 0. The summed E-state index contributed by atoms with van der Waals surface area (Å²) in [5, 5.41) is 19.6. The van der Waals surface area contributed by atoms with E-state index in [-0.39, 0.29) is 11.6 Å². The van der Waals surface area contributed by atoms with Gasteiger partial charge in [0.25, 0.3) is 0 Å². The first kappa shape index (κ1) is 12.6. The molecule has 0 amide bonds. The predicted molar refractivity (Wildman–Crippen MR) is 70.0 cm³/mol. The molecule has 0 saturated carbocycles. The molecule has 1 aromatic heterocycles. The SMILES string of the molecule is Cc1ccc(/C(C#N)=C\c2ccc([N+](=O)[O-])o2)cc1. The third kappa shape index (κ3) is 2.87. The lowest BCUT2D eigenvalue weighted by atomic mass is 10.0. The van der Waals surface area contributed by atoms with Gasteiger partial charge in [0.05, 0.1) is 17.7 Å². The molecule has 0 spiro atoms. The second-order valence-corrected chi connectivity index (χ2v) is 3.97. The summed E-state index contributed by atoms with van der Waals surface area (Å²) < 4.78 is 5.00. The van der Waals surface area contributed by atoms with Crippen molar-refractivity contribution in [1.29, 1.82) is 5.26 Å². The average Bonchev–Trinajstić information content (AvgIpc) is 2.86. The highest BCUT2D eigenvalue weighted by molar-refractivity contribution is 5.88. The van der Waals surface area contributed by atoms with Gasteiger partial charge in [-0.1, -0.05) is 29.8 Å². The standard InChI is InChI=1S/C14H10N2O3/c1-10-2-4-11(5-3-10)12(9-15)8-13-6-7-14(19-13)16(17)18/h2-8H,1H3/b12-8-. The van der Waals surface area contributed by atoms with E-state index in [4.69, 9.17) is 9.68 Å². The third-order valence-corrected chi connectivity index (χ3v) is 2.56. The monoisotopic (exact) mass is 254 g/mol. The third-order valence-electron chi connectivity index (χ3n) is 2.56. The highest BCUT2D eigenvalue weighted by Crippen LogP contribution is 2.22. The Balaban J connectivity index is 2.35. The van der Waals surface area contributed by atoms with E-state index in [1.54, 1.807) is 0 Å². The summed E-state index contributed by atoms with van der Waals surface area (Å²) in [6, 6.07) is 12.2. The number of nitro groups is 1. The first-order valence-corrected chi connectivity index (χ1v) is 5.53. The predicted octanol–water partition coefficient (Wildman–Crippen LogP) is 3.56. The maximum absolute atomic E-state index is 10.5. The Bertz CT molecular complexity index is 675. The zero-order chi connectivity index (χ0) is 13.8. The van der Waals surface area contributed by atoms with Gasteiger partial charge in [-0.3, -0.25) is 10.1 Å². The van der Waals surface area contributed by atoms with Crippen LogP contribution in [0.4, 0.5) is 5.88 Å². The van der Waals surface area contributed by atoms with Crippen molar-refractivity contribution in [3.05, 3.63) is 63.4 Å². The summed E-state index contributed by atoms with van der Waals surface area (Å²) in [6.45, 7) is 1.95. The van der Waals surface area contributed by atoms with Gasteiger partial charge in [0.15, 0.2) is 0 Å². The zero-order valence-corrected chi connectivity index (χ0v) is 10.2. The Morgan fingerprint density at radius 3 is 2.53 bits per heavy atom. The van der Waals surface area contributed by atoms with E-state index < -0.39 is 4.92 Å². The molecule has 1 aromatic carbocycles. The summed E-state index contributed by atoms with van der Waals surface area (Å²) >= 11 is 0. The molecule has 2 aromatic rings. The quantitative estimate of drug-likeness (QED) is 0.476. The molecule has 1 heterocycles. The molecule has 5 heteroatoms. The summed E-state index contributed by atoms with van der Waals surface area (Å²) in [5.41, 5.74) is 2.23. The molecule has 19 heavy (non-hydrogen) atoms. The molecule has 0 aliphatic carbocycles. The normalized spacial score (nSPS) is 11.1. The first-order valence-electron chi connectivity index (χ1n) is 5.53. The van der Waals surface area contributed by atoms with Crippen molar-refractivity contribution in [3.8, 4) is 6.07 Å². The van der Waals surface area contributed by atoms with Gasteiger partial charge in [-0.2, -0.15) is 5.26 Å². The Morgan fingerprint density at radius 1 is 1.32 bits per heavy atom. The number of aryl methyl sites for hydroxylation is 1. The molecule has 0 N–H and O–H groups in total. The number of benzene rings is 1. The smallest absolute Gasteiger partial charge is 0.401 e. The van der Waals surface area contributed by atoms with Crippen LogP contribution < -0.4 is 0 Å². The van der Waals surface area contributed by atoms with E-state index >= 15 is 0 Å². The fraction of sp³-hybridized carbons (Fsp3) is 0.0714. The van der Waals surface area contributed by atoms with Crippen LogP contribution in [-0.4, -0.2) is 4.92 Å². The van der Waals surface area contributed by atoms with E-state index in [0.29, 0.717) is 5.57 Å². The van der Waals surface area contributed by atoms with Crippen LogP contribution in [0.3, 0.4) is 0 Å². The minimum Gasteiger partial charge on any atom is -0.401 e. The fourth-order valence-corrected chi connectivity index (χ4v) is 1.57. The second-order valence-electron chi connectivity index (χ2n) is 3.97. The topological polar surface area (TPSA) is 80.1 Å². The van der Waals surface area contributed by atoms with Crippen molar-refractivity contribution in [2.45, 2.75) is 6.92 Å². The average molecular weight is 254 g/mol. The van der Waals surface area contributed by atoms with Crippen LogP contribution in [0.25, 0.3) is 11.6 Å². The number of nitriles is 1. The number of furan rings is 1. The molecule has 0 radical (unpaired) electrons. The van der Waals surface area contributed by atoms with Gasteiger partial charge in [0, 0.05) is 0 Å². The van der Waals surface area contributed by atoms with Crippen molar-refractivity contribution >= 4 is 17.5 Å². The molecular weight excluding hydrogens is 244 g/mol. The molecule has 0 aliphatic rings. The van der Waals surface area contributed by atoms with E-state index in [1.807, 2.05) is 31.2 Å². The fourth-order valence-electron chi connectivity index (χ4n) is 1.57. The largest absolute Gasteiger partial charge is 0.433 e. The van der Waals surface area contributed by atoms with Crippen LogP contribution in [0.5, 0.6) is 0 Å². The van der Waals surface area contributed by atoms with Gasteiger partial charge in [-0.15, -0.1) is 0 Å². The highest BCUT2D eigenvalue weighted by Gasteiger charge is 2.11. The Labute approximate surface area is 109 Å². The minimum atomic E-state index is -0.616. The molecule has 0 bridgehead atoms. The van der Waals surface area contributed by atoms with Gasteiger partial charge in [0.1, 0.15) is 10.7 Å². The molecule has 0 atom stereocenters. The molecule has 94 valence electrons. The van der Waals surface area contributed by atoms with E-state index in [1.165, 1.54) is 18.2 Å².